The maximum atomic E-state index is 8.71. The van der Waals surface area contributed by atoms with Crippen molar-refractivity contribution in [1.29, 1.82) is 10.5 Å². The molecule has 0 radical (unpaired) electrons. The van der Waals surface area contributed by atoms with Crippen molar-refractivity contribution in [1.82, 2.24) is 0 Å². The van der Waals surface area contributed by atoms with Crippen molar-refractivity contribution < 1.29 is 0 Å². The minimum atomic E-state index is -0.430. The van der Waals surface area contributed by atoms with Crippen molar-refractivity contribution in [3.63, 3.8) is 0 Å². The summed E-state index contributed by atoms with van der Waals surface area (Å²) >= 11 is 5.93. The molecule has 1 aromatic carbocycles. The maximum absolute atomic E-state index is 8.71. The molecule has 0 saturated heterocycles. The average Bonchev–Trinajstić information content (AvgIpc) is 2.18. The smallest absolute Gasteiger partial charge is 0.101 e. The molecule has 0 bridgehead atoms. The lowest BCUT2D eigenvalue weighted by molar-refractivity contribution is 0.748. The Labute approximate surface area is 87.3 Å². The van der Waals surface area contributed by atoms with Gasteiger partial charge in [-0.3, -0.25) is 0 Å². The van der Waals surface area contributed by atoms with E-state index in [1.807, 2.05) is 12.1 Å². The number of nitriles is 2. The SMILES string of the molecule is N#CC[C@H](N)c1cccc(C#N)c1Cl. The number of halogens is 1. The molecular weight excluding hydrogens is 198 g/mol. The summed E-state index contributed by atoms with van der Waals surface area (Å²) in [5, 5.41) is 17.5. The number of hydrogen-bond donors (Lipinski definition) is 1. The Kier molecular flexibility index (Phi) is 3.48. The van der Waals surface area contributed by atoms with Gasteiger partial charge in [0.25, 0.3) is 0 Å². The molecule has 1 atom stereocenters. The Morgan fingerprint density at radius 2 is 2.14 bits per heavy atom. The van der Waals surface area contributed by atoms with E-state index in [1.165, 1.54) is 0 Å². The van der Waals surface area contributed by atoms with Crippen LogP contribution in [0, 0.1) is 22.7 Å². The summed E-state index contributed by atoms with van der Waals surface area (Å²) in [5.41, 5.74) is 6.75. The number of hydrogen-bond acceptors (Lipinski definition) is 3. The van der Waals surface area contributed by atoms with Crippen molar-refractivity contribution in [2.24, 2.45) is 5.73 Å². The summed E-state index contributed by atoms with van der Waals surface area (Å²) in [4.78, 5) is 0. The second-order valence-corrected chi connectivity index (χ2v) is 3.17. The van der Waals surface area contributed by atoms with E-state index in [0.717, 1.165) is 0 Å². The number of nitrogens with zero attached hydrogens (tertiary/aromatic N) is 2. The third kappa shape index (κ3) is 2.03. The predicted octanol–water partition coefficient (Wildman–Crippen LogP) is 2.13. The van der Waals surface area contributed by atoms with Gasteiger partial charge in [-0.25, -0.2) is 0 Å². The summed E-state index contributed by atoms with van der Waals surface area (Å²) in [5.74, 6) is 0. The minimum Gasteiger partial charge on any atom is -0.323 e. The summed E-state index contributed by atoms with van der Waals surface area (Å²) < 4.78 is 0. The summed E-state index contributed by atoms with van der Waals surface area (Å²) in [7, 11) is 0. The van der Waals surface area contributed by atoms with Crippen LogP contribution in [-0.4, -0.2) is 0 Å². The van der Waals surface area contributed by atoms with E-state index in [0.29, 0.717) is 16.1 Å². The molecule has 0 aromatic heterocycles. The van der Waals surface area contributed by atoms with Crippen LogP contribution in [-0.2, 0) is 0 Å². The molecule has 3 nitrogen and oxygen atoms in total. The Hall–Kier alpha value is -1.55. The summed E-state index contributed by atoms with van der Waals surface area (Å²) in [6, 6.07) is 8.55. The highest BCUT2D eigenvalue weighted by Gasteiger charge is 2.12. The zero-order valence-electron chi connectivity index (χ0n) is 7.37. The van der Waals surface area contributed by atoms with Gasteiger partial charge in [-0.05, 0) is 11.6 Å². The molecule has 4 heteroatoms. The lowest BCUT2D eigenvalue weighted by Gasteiger charge is -2.10. The lowest BCUT2D eigenvalue weighted by Crippen LogP contribution is -2.10. The van der Waals surface area contributed by atoms with E-state index < -0.39 is 6.04 Å². The molecule has 70 valence electrons. The fourth-order valence-electron chi connectivity index (χ4n) is 1.13. The Bertz CT molecular complexity index is 414. The fraction of sp³-hybridized carbons (Fsp3) is 0.200. The molecule has 0 amide bonds. The van der Waals surface area contributed by atoms with Crippen molar-refractivity contribution in [3.8, 4) is 12.1 Å². The van der Waals surface area contributed by atoms with Crippen LogP contribution in [0.4, 0.5) is 0 Å². The highest BCUT2D eigenvalue weighted by Crippen LogP contribution is 2.26. The first-order chi connectivity index (χ1) is 6.70. The Balaban J connectivity index is 3.12. The molecule has 0 fully saturated rings. The molecular formula is C10H8ClN3. The Morgan fingerprint density at radius 1 is 1.43 bits per heavy atom. The monoisotopic (exact) mass is 205 g/mol. The number of benzene rings is 1. The van der Waals surface area contributed by atoms with Crippen molar-refractivity contribution in [3.05, 3.63) is 34.3 Å². The van der Waals surface area contributed by atoms with E-state index in [9.17, 15) is 0 Å². The fourth-order valence-corrected chi connectivity index (χ4v) is 1.44. The van der Waals surface area contributed by atoms with Crippen LogP contribution in [0.3, 0.4) is 0 Å². The van der Waals surface area contributed by atoms with Gasteiger partial charge in [0, 0.05) is 6.04 Å². The molecule has 0 aliphatic carbocycles. The first kappa shape index (κ1) is 10.5. The van der Waals surface area contributed by atoms with Gasteiger partial charge in [0.05, 0.1) is 23.1 Å². The van der Waals surface area contributed by atoms with Crippen LogP contribution in [0.15, 0.2) is 18.2 Å². The molecule has 0 heterocycles. The van der Waals surface area contributed by atoms with Crippen LogP contribution < -0.4 is 5.73 Å². The van der Waals surface area contributed by atoms with Crippen LogP contribution in [0.2, 0.25) is 5.02 Å². The molecule has 1 rings (SSSR count). The van der Waals surface area contributed by atoms with Gasteiger partial charge in [0.15, 0.2) is 0 Å². The first-order valence-corrected chi connectivity index (χ1v) is 4.39. The summed E-state index contributed by atoms with van der Waals surface area (Å²) in [6.07, 6.45) is 0.189. The van der Waals surface area contributed by atoms with E-state index >= 15 is 0 Å². The zero-order chi connectivity index (χ0) is 10.6. The highest BCUT2D eigenvalue weighted by atomic mass is 35.5. The molecule has 1 aromatic rings. The van der Waals surface area contributed by atoms with Crippen LogP contribution >= 0.6 is 11.6 Å². The van der Waals surface area contributed by atoms with Crippen molar-refractivity contribution >= 4 is 11.6 Å². The van der Waals surface area contributed by atoms with Gasteiger partial charge in [-0.2, -0.15) is 10.5 Å². The van der Waals surface area contributed by atoms with Crippen molar-refractivity contribution in [2.75, 3.05) is 0 Å². The average molecular weight is 206 g/mol. The normalized spacial score (nSPS) is 11.4. The van der Waals surface area contributed by atoms with Gasteiger partial charge in [-0.15, -0.1) is 0 Å². The Morgan fingerprint density at radius 3 is 2.71 bits per heavy atom. The van der Waals surface area contributed by atoms with Gasteiger partial charge in [0.1, 0.15) is 6.07 Å². The van der Waals surface area contributed by atoms with Gasteiger partial charge >= 0.3 is 0 Å². The molecule has 0 aliphatic heterocycles. The van der Waals surface area contributed by atoms with Crippen LogP contribution in [0.5, 0.6) is 0 Å². The second-order valence-electron chi connectivity index (χ2n) is 2.79. The first-order valence-electron chi connectivity index (χ1n) is 4.01. The second kappa shape index (κ2) is 4.62. The lowest BCUT2D eigenvalue weighted by atomic mass is 10.0. The van der Waals surface area contributed by atoms with E-state index in [1.54, 1.807) is 18.2 Å². The van der Waals surface area contributed by atoms with Crippen LogP contribution in [0.1, 0.15) is 23.6 Å². The molecule has 0 aliphatic rings. The molecule has 2 N–H and O–H groups in total. The van der Waals surface area contributed by atoms with Crippen LogP contribution in [0.25, 0.3) is 0 Å². The molecule has 0 unspecified atom stereocenters. The molecule has 0 spiro atoms. The van der Waals surface area contributed by atoms with Gasteiger partial charge in [0.2, 0.25) is 0 Å². The number of rotatable bonds is 2. The minimum absolute atomic E-state index is 0.189. The van der Waals surface area contributed by atoms with E-state index in [2.05, 4.69) is 0 Å². The maximum Gasteiger partial charge on any atom is 0.101 e. The third-order valence-electron chi connectivity index (χ3n) is 1.86. The van der Waals surface area contributed by atoms with Gasteiger partial charge in [-0.1, -0.05) is 23.7 Å². The standard InChI is InChI=1S/C10H8ClN3/c11-10-7(6-13)2-1-3-8(10)9(14)4-5-12/h1-3,9H,4,14H2/t9-/m0/s1. The zero-order valence-corrected chi connectivity index (χ0v) is 8.12. The largest absolute Gasteiger partial charge is 0.323 e. The van der Waals surface area contributed by atoms with Crippen molar-refractivity contribution in [2.45, 2.75) is 12.5 Å². The molecule has 0 saturated carbocycles. The number of nitrogens with two attached hydrogens (primary N) is 1. The highest BCUT2D eigenvalue weighted by molar-refractivity contribution is 6.32. The van der Waals surface area contributed by atoms with E-state index in [-0.39, 0.29) is 6.42 Å². The predicted molar refractivity (Wildman–Crippen MR) is 53.3 cm³/mol. The summed E-state index contributed by atoms with van der Waals surface area (Å²) in [6.45, 7) is 0. The molecule has 14 heavy (non-hydrogen) atoms. The van der Waals surface area contributed by atoms with Gasteiger partial charge < -0.3 is 5.73 Å². The topological polar surface area (TPSA) is 73.6 Å². The van der Waals surface area contributed by atoms with E-state index in [4.69, 9.17) is 27.9 Å². The third-order valence-corrected chi connectivity index (χ3v) is 2.28. The quantitative estimate of drug-likeness (QED) is 0.804.